The normalized spacial score (nSPS) is 14.9. The van der Waals surface area contributed by atoms with Crippen LogP contribution in [0.5, 0.6) is 11.5 Å². The first-order chi connectivity index (χ1) is 14.8. The van der Waals surface area contributed by atoms with Gasteiger partial charge < -0.3 is 14.6 Å². The summed E-state index contributed by atoms with van der Waals surface area (Å²) in [5, 5.41) is 8.40. The van der Waals surface area contributed by atoms with Gasteiger partial charge in [0.2, 0.25) is 0 Å². The number of carbonyl (C=O) groups is 3. The van der Waals surface area contributed by atoms with Crippen LogP contribution in [0.1, 0.15) is 18.1 Å². The fourth-order valence-electron chi connectivity index (χ4n) is 2.73. The van der Waals surface area contributed by atoms with E-state index in [1.807, 2.05) is 0 Å². The van der Waals surface area contributed by atoms with E-state index in [1.165, 1.54) is 24.3 Å². The highest BCUT2D eigenvalue weighted by Crippen LogP contribution is 2.38. The third-order valence-corrected chi connectivity index (χ3v) is 5.72. The Morgan fingerprint density at radius 1 is 1.19 bits per heavy atom. The maximum atomic E-state index is 13.1. The predicted molar refractivity (Wildman–Crippen MR) is 116 cm³/mol. The molecule has 0 aliphatic carbocycles. The second-order valence-electron chi connectivity index (χ2n) is 6.33. The van der Waals surface area contributed by atoms with Crippen LogP contribution in [-0.2, 0) is 16.1 Å². The van der Waals surface area contributed by atoms with Crippen molar-refractivity contribution in [2.45, 2.75) is 13.5 Å². The molecular formula is C21H17BrFNO6S. The van der Waals surface area contributed by atoms with Gasteiger partial charge in [-0.15, -0.1) is 0 Å². The van der Waals surface area contributed by atoms with E-state index in [-0.39, 0.29) is 17.2 Å². The van der Waals surface area contributed by atoms with Gasteiger partial charge >= 0.3 is 5.97 Å². The van der Waals surface area contributed by atoms with Crippen LogP contribution >= 0.6 is 27.7 Å². The predicted octanol–water partition coefficient (Wildman–Crippen LogP) is 4.69. The first-order valence-electron chi connectivity index (χ1n) is 9.09. The highest BCUT2D eigenvalue weighted by Gasteiger charge is 2.35. The number of rotatable bonds is 8. The summed E-state index contributed by atoms with van der Waals surface area (Å²) in [4.78, 5) is 37.2. The standard InChI is InChI=1S/C21H17BrFNO6S/c1-2-29-16-7-13(15(22)9-17(16)30-11-19(25)26)8-18-20(27)24(21(28)31-18)10-12-3-5-14(23)6-4-12/h3-9H,2,10-11H2,1H3,(H,25,26)/b18-8-. The van der Waals surface area contributed by atoms with E-state index in [0.29, 0.717) is 28.0 Å². The monoisotopic (exact) mass is 509 g/mol. The number of imide groups is 1. The summed E-state index contributed by atoms with van der Waals surface area (Å²) in [5.41, 5.74) is 1.18. The Bertz CT molecular complexity index is 1060. The lowest BCUT2D eigenvalue weighted by molar-refractivity contribution is -0.139. The first-order valence-corrected chi connectivity index (χ1v) is 10.7. The Morgan fingerprint density at radius 2 is 1.87 bits per heavy atom. The summed E-state index contributed by atoms with van der Waals surface area (Å²) in [6, 6.07) is 8.71. The zero-order chi connectivity index (χ0) is 22.5. The fourth-order valence-corrected chi connectivity index (χ4v) is 4.00. The van der Waals surface area contributed by atoms with Gasteiger partial charge in [-0.25, -0.2) is 9.18 Å². The minimum absolute atomic E-state index is 0.0373. The Hall–Kier alpha value is -2.85. The molecule has 0 aromatic heterocycles. The van der Waals surface area contributed by atoms with Crippen molar-refractivity contribution < 1.29 is 33.4 Å². The molecule has 1 aliphatic rings. The number of hydrogen-bond acceptors (Lipinski definition) is 6. The van der Waals surface area contributed by atoms with Crippen molar-refractivity contribution in [2.24, 2.45) is 0 Å². The summed E-state index contributed by atoms with van der Waals surface area (Å²) in [5.74, 6) is -1.45. The molecule has 0 radical (unpaired) electrons. The number of nitrogens with zero attached hydrogens (tertiary/aromatic N) is 1. The van der Waals surface area contributed by atoms with Gasteiger partial charge in [-0.05, 0) is 60.2 Å². The minimum Gasteiger partial charge on any atom is -0.490 e. The molecule has 31 heavy (non-hydrogen) atoms. The SMILES string of the molecule is CCOc1cc(/C=C2\SC(=O)N(Cc3ccc(F)cc3)C2=O)c(Br)cc1OCC(=O)O. The molecule has 1 fully saturated rings. The van der Waals surface area contributed by atoms with Gasteiger partial charge in [0.05, 0.1) is 18.1 Å². The number of carboxylic acids is 1. The number of ether oxygens (including phenoxy) is 2. The molecule has 7 nitrogen and oxygen atoms in total. The lowest BCUT2D eigenvalue weighted by atomic mass is 10.1. The second-order valence-corrected chi connectivity index (χ2v) is 8.18. The van der Waals surface area contributed by atoms with Crippen molar-refractivity contribution in [2.75, 3.05) is 13.2 Å². The van der Waals surface area contributed by atoms with Crippen molar-refractivity contribution >= 4 is 50.9 Å². The molecule has 2 aromatic carbocycles. The van der Waals surface area contributed by atoms with E-state index < -0.39 is 29.5 Å². The molecule has 3 rings (SSSR count). The average Bonchev–Trinajstić information content (AvgIpc) is 2.98. The number of carbonyl (C=O) groups excluding carboxylic acids is 2. The summed E-state index contributed by atoms with van der Waals surface area (Å²) < 4.78 is 24.4. The van der Waals surface area contributed by atoms with Gasteiger partial charge in [-0.1, -0.05) is 28.1 Å². The number of amides is 2. The smallest absolute Gasteiger partial charge is 0.341 e. The number of halogens is 2. The molecule has 1 aliphatic heterocycles. The Morgan fingerprint density at radius 3 is 2.52 bits per heavy atom. The molecule has 10 heteroatoms. The van der Waals surface area contributed by atoms with Crippen molar-refractivity contribution in [3.8, 4) is 11.5 Å². The van der Waals surface area contributed by atoms with E-state index >= 15 is 0 Å². The van der Waals surface area contributed by atoms with E-state index in [9.17, 15) is 18.8 Å². The highest BCUT2D eigenvalue weighted by molar-refractivity contribution is 9.10. The first kappa shape index (κ1) is 22.8. The summed E-state index contributed by atoms with van der Waals surface area (Å²) in [6.45, 7) is 1.59. The molecule has 2 amide bonds. The number of thioether (sulfide) groups is 1. The Labute approximate surface area is 189 Å². The molecule has 2 aromatic rings. The quantitative estimate of drug-likeness (QED) is 0.516. The van der Waals surface area contributed by atoms with Gasteiger partial charge in [-0.2, -0.15) is 0 Å². The number of benzene rings is 2. The molecule has 0 unspecified atom stereocenters. The molecule has 0 saturated carbocycles. The lowest BCUT2D eigenvalue weighted by Crippen LogP contribution is -2.27. The summed E-state index contributed by atoms with van der Waals surface area (Å²) >= 11 is 4.17. The third-order valence-electron chi connectivity index (χ3n) is 4.13. The Kier molecular flexibility index (Phi) is 7.34. The van der Waals surface area contributed by atoms with Crippen LogP contribution < -0.4 is 9.47 Å². The summed E-state index contributed by atoms with van der Waals surface area (Å²) in [6.07, 6.45) is 1.54. The molecule has 1 saturated heterocycles. The van der Waals surface area contributed by atoms with Gasteiger partial charge in [-0.3, -0.25) is 14.5 Å². The molecule has 1 heterocycles. The van der Waals surface area contributed by atoms with E-state index in [4.69, 9.17) is 14.6 Å². The zero-order valence-corrected chi connectivity index (χ0v) is 18.7. The Balaban J connectivity index is 1.85. The number of hydrogen-bond donors (Lipinski definition) is 1. The van der Waals surface area contributed by atoms with Crippen LogP contribution in [0.3, 0.4) is 0 Å². The highest BCUT2D eigenvalue weighted by atomic mass is 79.9. The third kappa shape index (κ3) is 5.65. The summed E-state index contributed by atoms with van der Waals surface area (Å²) in [7, 11) is 0. The van der Waals surface area contributed by atoms with Gasteiger partial charge in [0.1, 0.15) is 5.82 Å². The molecular weight excluding hydrogens is 493 g/mol. The van der Waals surface area contributed by atoms with Crippen LogP contribution in [0.15, 0.2) is 45.8 Å². The minimum atomic E-state index is -1.13. The second kappa shape index (κ2) is 9.97. The zero-order valence-electron chi connectivity index (χ0n) is 16.3. The van der Waals surface area contributed by atoms with E-state index in [0.717, 1.165) is 16.7 Å². The fraction of sp³-hybridized carbons (Fsp3) is 0.190. The van der Waals surface area contributed by atoms with E-state index in [1.54, 1.807) is 25.1 Å². The molecule has 162 valence electrons. The van der Waals surface area contributed by atoms with Gasteiger partial charge in [0.15, 0.2) is 18.1 Å². The van der Waals surface area contributed by atoms with Crippen molar-refractivity contribution in [3.05, 3.63) is 62.7 Å². The molecule has 0 spiro atoms. The topological polar surface area (TPSA) is 93.1 Å². The van der Waals surface area contributed by atoms with Crippen molar-refractivity contribution in [1.29, 1.82) is 0 Å². The number of aliphatic carboxylic acids is 1. The molecule has 0 atom stereocenters. The number of carboxylic acid groups (broad SMARTS) is 1. The maximum Gasteiger partial charge on any atom is 0.341 e. The van der Waals surface area contributed by atoms with Crippen LogP contribution in [0.4, 0.5) is 9.18 Å². The molecule has 1 N–H and O–H groups in total. The van der Waals surface area contributed by atoms with Crippen LogP contribution in [-0.4, -0.2) is 40.3 Å². The average molecular weight is 510 g/mol. The van der Waals surface area contributed by atoms with Crippen LogP contribution in [0, 0.1) is 5.82 Å². The lowest BCUT2D eigenvalue weighted by Gasteiger charge is -2.13. The van der Waals surface area contributed by atoms with Crippen LogP contribution in [0.25, 0.3) is 6.08 Å². The van der Waals surface area contributed by atoms with Crippen molar-refractivity contribution in [1.82, 2.24) is 4.90 Å². The largest absolute Gasteiger partial charge is 0.490 e. The molecule has 0 bridgehead atoms. The maximum absolute atomic E-state index is 13.1. The van der Waals surface area contributed by atoms with Gasteiger partial charge in [0.25, 0.3) is 11.1 Å². The van der Waals surface area contributed by atoms with Crippen LogP contribution in [0.2, 0.25) is 0 Å². The van der Waals surface area contributed by atoms with Crippen molar-refractivity contribution in [3.63, 3.8) is 0 Å². The van der Waals surface area contributed by atoms with E-state index in [2.05, 4.69) is 15.9 Å². The van der Waals surface area contributed by atoms with Gasteiger partial charge in [0, 0.05) is 4.47 Å².